The quantitative estimate of drug-likeness (QED) is 0.511. The van der Waals surface area contributed by atoms with Crippen LogP contribution in [0.4, 0.5) is 15.0 Å². The summed E-state index contributed by atoms with van der Waals surface area (Å²) in [7, 11) is 0. The Morgan fingerprint density at radius 3 is 2.78 bits per heavy atom. The molecule has 1 aliphatic carbocycles. The standard InChI is InChI=1S/C26H29FN6O4/c1-13(14(2)30-25(36)37-26(3,4)5)21-18(9-16(27)10-28-21)22-17-8-15(17)12-32(22)20-6-7-33-23(31-20)19(11-29-33)24(34)35/h6-7,9-11,14-15,17,22H,1,8,12H2,2-5H3,(H,30,36)(H,34,35)/t14-,15?,17?,22?/m1/s1. The number of anilines is 1. The Morgan fingerprint density at radius 2 is 2.08 bits per heavy atom. The fourth-order valence-corrected chi connectivity index (χ4v) is 4.99. The van der Waals surface area contributed by atoms with Gasteiger partial charge in [-0.05, 0) is 63.7 Å². The minimum Gasteiger partial charge on any atom is -0.477 e. The third-order valence-corrected chi connectivity index (χ3v) is 6.79. The lowest BCUT2D eigenvalue weighted by molar-refractivity contribution is 0.0519. The highest BCUT2D eigenvalue weighted by atomic mass is 19.1. The Hall–Kier alpha value is -4.02. The summed E-state index contributed by atoms with van der Waals surface area (Å²) in [6.45, 7) is 12.0. The molecule has 3 aromatic rings. The lowest BCUT2D eigenvalue weighted by Crippen LogP contribution is -2.38. The average Bonchev–Trinajstić information content (AvgIpc) is 3.27. The number of carbonyl (C=O) groups excluding carboxylic acids is 1. The zero-order valence-corrected chi connectivity index (χ0v) is 21.1. The van der Waals surface area contributed by atoms with Crippen molar-refractivity contribution in [2.75, 3.05) is 11.4 Å². The Morgan fingerprint density at radius 1 is 1.32 bits per heavy atom. The predicted molar refractivity (Wildman–Crippen MR) is 134 cm³/mol. The van der Waals surface area contributed by atoms with E-state index < -0.39 is 29.5 Å². The minimum absolute atomic E-state index is 0.00582. The molecular formula is C26H29FN6O4. The Balaban J connectivity index is 1.48. The number of pyridine rings is 1. The SMILES string of the molecule is C=C(c1ncc(F)cc1C1C2CC2CN1c1ccn2ncc(C(=O)O)c2n1)[C@@H](C)NC(=O)OC(C)(C)C. The van der Waals surface area contributed by atoms with E-state index in [4.69, 9.17) is 4.74 Å². The van der Waals surface area contributed by atoms with Crippen LogP contribution in [0.25, 0.3) is 11.2 Å². The van der Waals surface area contributed by atoms with Crippen LogP contribution in [-0.2, 0) is 4.74 Å². The third-order valence-electron chi connectivity index (χ3n) is 6.79. The molecule has 1 amide bonds. The maximum Gasteiger partial charge on any atom is 0.408 e. The van der Waals surface area contributed by atoms with Crippen LogP contribution in [0, 0.1) is 17.7 Å². The molecule has 0 spiro atoms. The highest BCUT2D eigenvalue weighted by Gasteiger charge is 2.54. The fourth-order valence-electron chi connectivity index (χ4n) is 4.99. The summed E-state index contributed by atoms with van der Waals surface area (Å²) in [4.78, 5) is 35.0. The molecule has 3 aromatic heterocycles. The van der Waals surface area contributed by atoms with Gasteiger partial charge in [-0.2, -0.15) is 5.10 Å². The topological polar surface area (TPSA) is 122 Å². The molecule has 1 saturated heterocycles. The number of carbonyl (C=O) groups is 2. The van der Waals surface area contributed by atoms with Gasteiger partial charge in [0.2, 0.25) is 0 Å². The number of hydrogen-bond donors (Lipinski definition) is 2. The number of rotatable bonds is 6. The number of nitrogens with zero attached hydrogens (tertiary/aromatic N) is 5. The van der Waals surface area contributed by atoms with Crippen LogP contribution in [0.1, 0.15) is 61.8 Å². The monoisotopic (exact) mass is 508 g/mol. The molecule has 3 unspecified atom stereocenters. The number of aromatic nitrogens is 4. The van der Waals surface area contributed by atoms with Crippen molar-refractivity contribution in [1.29, 1.82) is 0 Å². The third kappa shape index (κ3) is 4.73. The minimum atomic E-state index is -1.11. The van der Waals surface area contributed by atoms with Gasteiger partial charge < -0.3 is 20.1 Å². The van der Waals surface area contributed by atoms with Gasteiger partial charge in [0.05, 0.1) is 30.2 Å². The number of carboxylic acids is 1. The van der Waals surface area contributed by atoms with Crippen LogP contribution in [0.3, 0.4) is 0 Å². The van der Waals surface area contributed by atoms with Gasteiger partial charge in [-0.15, -0.1) is 0 Å². The number of piperidine rings is 1. The number of amides is 1. The number of halogens is 1. The average molecular weight is 509 g/mol. The molecule has 4 heterocycles. The van der Waals surface area contributed by atoms with Crippen LogP contribution in [-0.4, -0.2) is 54.9 Å². The summed E-state index contributed by atoms with van der Waals surface area (Å²) in [5.41, 5.74) is 1.27. The van der Waals surface area contributed by atoms with Crippen molar-refractivity contribution in [3.05, 3.63) is 59.9 Å². The summed E-state index contributed by atoms with van der Waals surface area (Å²) in [5.74, 6) is -0.330. The molecule has 4 atom stereocenters. The van der Waals surface area contributed by atoms with Gasteiger partial charge >= 0.3 is 12.1 Å². The maximum atomic E-state index is 14.5. The van der Waals surface area contributed by atoms with E-state index in [2.05, 4.69) is 31.9 Å². The van der Waals surface area contributed by atoms with Gasteiger partial charge in [-0.25, -0.2) is 23.5 Å². The number of alkyl carbamates (subject to hydrolysis) is 1. The van der Waals surface area contributed by atoms with Gasteiger partial charge in [0, 0.05) is 18.3 Å². The van der Waals surface area contributed by atoms with Gasteiger partial charge in [-0.3, -0.25) is 4.98 Å². The molecule has 5 rings (SSSR count). The second-order valence-electron chi connectivity index (χ2n) is 10.7. The Kier molecular flexibility index (Phi) is 5.88. The van der Waals surface area contributed by atoms with E-state index in [9.17, 15) is 19.1 Å². The molecule has 10 nitrogen and oxygen atoms in total. The van der Waals surface area contributed by atoms with Crippen LogP contribution in [0.15, 0.2) is 37.3 Å². The summed E-state index contributed by atoms with van der Waals surface area (Å²) in [5, 5.41) is 16.3. The first-order valence-corrected chi connectivity index (χ1v) is 12.1. The number of ether oxygens (including phenoxy) is 1. The Labute approximate surface area is 213 Å². The second-order valence-corrected chi connectivity index (χ2v) is 10.7. The van der Waals surface area contributed by atoms with Crippen molar-refractivity contribution in [3.8, 4) is 0 Å². The molecule has 2 fully saturated rings. The number of nitrogens with one attached hydrogen (secondary N) is 1. The van der Waals surface area contributed by atoms with Crippen molar-refractivity contribution < 1.29 is 23.8 Å². The number of carboxylic acid groups (broad SMARTS) is 1. The van der Waals surface area contributed by atoms with E-state index in [1.165, 1.54) is 16.8 Å². The van der Waals surface area contributed by atoms with Crippen molar-refractivity contribution >= 4 is 29.1 Å². The fraction of sp³-hybridized carbons (Fsp3) is 0.423. The highest BCUT2D eigenvalue weighted by Crippen LogP contribution is 2.58. The van der Waals surface area contributed by atoms with Crippen molar-refractivity contribution in [2.45, 2.75) is 51.8 Å². The summed E-state index contributed by atoms with van der Waals surface area (Å²) in [6, 6.07) is 2.49. The van der Waals surface area contributed by atoms with Gasteiger partial charge in [0.25, 0.3) is 0 Å². The van der Waals surface area contributed by atoms with E-state index in [1.54, 1.807) is 40.0 Å². The highest BCUT2D eigenvalue weighted by molar-refractivity contribution is 5.94. The molecule has 2 N–H and O–H groups in total. The lowest BCUT2D eigenvalue weighted by Gasteiger charge is -2.31. The van der Waals surface area contributed by atoms with Crippen LogP contribution < -0.4 is 10.2 Å². The van der Waals surface area contributed by atoms with Crippen LogP contribution >= 0.6 is 0 Å². The van der Waals surface area contributed by atoms with Crippen molar-refractivity contribution in [3.63, 3.8) is 0 Å². The van der Waals surface area contributed by atoms with Crippen LogP contribution in [0.2, 0.25) is 0 Å². The smallest absolute Gasteiger partial charge is 0.408 e. The zero-order chi connectivity index (χ0) is 26.6. The molecule has 194 valence electrons. The van der Waals surface area contributed by atoms with Crippen LogP contribution in [0.5, 0.6) is 0 Å². The molecule has 0 radical (unpaired) electrons. The van der Waals surface area contributed by atoms with Gasteiger partial charge in [0.15, 0.2) is 5.65 Å². The lowest BCUT2D eigenvalue weighted by atomic mass is 9.94. The molecule has 0 bridgehead atoms. The maximum absolute atomic E-state index is 14.5. The number of fused-ring (bicyclic) bond motifs is 2. The van der Waals surface area contributed by atoms with Gasteiger partial charge in [0.1, 0.15) is 22.8 Å². The molecular weight excluding hydrogens is 479 g/mol. The summed E-state index contributed by atoms with van der Waals surface area (Å²) in [6.07, 6.45) is 4.49. The molecule has 37 heavy (non-hydrogen) atoms. The number of aromatic carboxylic acids is 1. The van der Waals surface area contributed by atoms with E-state index in [1.807, 2.05) is 0 Å². The Bertz CT molecular complexity index is 1410. The number of hydrogen-bond acceptors (Lipinski definition) is 7. The van der Waals surface area contributed by atoms with E-state index >= 15 is 0 Å². The zero-order valence-electron chi connectivity index (χ0n) is 21.1. The van der Waals surface area contributed by atoms with Crippen molar-refractivity contribution in [1.82, 2.24) is 24.9 Å². The second kappa shape index (κ2) is 8.82. The largest absolute Gasteiger partial charge is 0.477 e. The van der Waals surface area contributed by atoms with Gasteiger partial charge in [-0.1, -0.05) is 6.58 Å². The predicted octanol–water partition coefficient (Wildman–Crippen LogP) is 4.09. The molecule has 0 aromatic carbocycles. The first kappa shape index (κ1) is 24.7. The first-order valence-electron chi connectivity index (χ1n) is 12.1. The normalized spacial score (nSPS) is 21.4. The van der Waals surface area contributed by atoms with E-state index in [0.717, 1.165) is 12.6 Å². The molecule has 1 aliphatic heterocycles. The molecule has 2 aliphatic rings. The van der Waals surface area contributed by atoms with Crippen molar-refractivity contribution in [2.24, 2.45) is 11.8 Å². The first-order chi connectivity index (χ1) is 17.4. The summed E-state index contributed by atoms with van der Waals surface area (Å²) < 4.78 is 21.3. The van der Waals surface area contributed by atoms with E-state index in [0.29, 0.717) is 35.1 Å². The molecule has 1 saturated carbocycles. The van der Waals surface area contributed by atoms with E-state index in [-0.39, 0.29) is 23.2 Å². The molecule has 11 heteroatoms. The summed E-state index contributed by atoms with van der Waals surface area (Å²) >= 11 is 0.